The van der Waals surface area contributed by atoms with E-state index in [0.29, 0.717) is 50.0 Å². The Bertz CT molecular complexity index is 941. The molecule has 2 aliphatic rings. The zero-order chi connectivity index (χ0) is 22.0. The van der Waals surface area contributed by atoms with E-state index in [9.17, 15) is 14.0 Å². The number of nitrogens with zero attached hydrogens (tertiary/aromatic N) is 5. The average Bonchev–Trinajstić information content (AvgIpc) is 3.29. The first-order valence-corrected chi connectivity index (χ1v) is 10.8. The molecular formula is C22H28FN5O3. The second-order valence-electron chi connectivity index (χ2n) is 8.31. The number of likely N-dealkylation sites (tertiary alicyclic amines) is 1. The molecule has 4 rings (SSSR count). The van der Waals surface area contributed by atoms with Gasteiger partial charge in [0.1, 0.15) is 5.82 Å². The Morgan fingerprint density at radius 3 is 2.61 bits per heavy atom. The topological polar surface area (TPSA) is 82.8 Å². The minimum Gasteiger partial charge on any atom is -0.339 e. The Morgan fingerprint density at radius 1 is 1.16 bits per heavy atom. The van der Waals surface area contributed by atoms with Gasteiger partial charge in [0.05, 0.1) is 12.0 Å². The first kappa shape index (κ1) is 21.4. The third-order valence-electron chi connectivity index (χ3n) is 6.27. The number of carbonyl (C=O) groups is 2. The summed E-state index contributed by atoms with van der Waals surface area (Å²) in [6, 6.07) is 5.87. The SMILES string of the molecule is CC(=O)N1CCN(C(=O)C(C)N2CCCC(c3nc(-c4cccc(F)c4)no3)C2)CC1. The molecule has 9 heteroatoms. The lowest BCUT2D eigenvalue weighted by Crippen LogP contribution is -2.55. The van der Waals surface area contributed by atoms with E-state index < -0.39 is 0 Å². The summed E-state index contributed by atoms with van der Waals surface area (Å²) in [4.78, 5) is 34.8. The van der Waals surface area contributed by atoms with Gasteiger partial charge in [0.15, 0.2) is 0 Å². The van der Waals surface area contributed by atoms with Gasteiger partial charge < -0.3 is 14.3 Å². The molecule has 2 saturated heterocycles. The van der Waals surface area contributed by atoms with Crippen LogP contribution in [0, 0.1) is 5.82 Å². The number of piperazine rings is 1. The van der Waals surface area contributed by atoms with E-state index in [4.69, 9.17) is 4.52 Å². The van der Waals surface area contributed by atoms with Gasteiger partial charge in [-0.2, -0.15) is 4.98 Å². The van der Waals surface area contributed by atoms with Crippen molar-refractivity contribution in [2.45, 2.75) is 38.6 Å². The molecule has 2 fully saturated rings. The van der Waals surface area contributed by atoms with Crippen molar-refractivity contribution in [2.75, 3.05) is 39.3 Å². The molecule has 2 aliphatic heterocycles. The minimum absolute atomic E-state index is 0.0355. The quantitative estimate of drug-likeness (QED) is 0.741. The van der Waals surface area contributed by atoms with Gasteiger partial charge in [-0.25, -0.2) is 4.39 Å². The first-order chi connectivity index (χ1) is 14.9. The second kappa shape index (κ2) is 9.13. The molecule has 8 nitrogen and oxygen atoms in total. The Hall–Kier alpha value is -2.81. The molecule has 0 aliphatic carbocycles. The van der Waals surface area contributed by atoms with Gasteiger partial charge >= 0.3 is 0 Å². The molecule has 2 atom stereocenters. The number of halogens is 1. The molecule has 2 aromatic rings. The highest BCUT2D eigenvalue weighted by Gasteiger charge is 2.34. The maximum Gasteiger partial charge on any atom is 0.239 e. The van der Waals surface area contributed by atoms with Gasteiger partial charge in [-0.1, -0.05) is 17.3 Å². The van der Waals surface area contributed by atoms with Crippen molar-refractivity contribution in [3.63, 3.8) is 0 Å². The minimum atomic E-state index is -0.343. The monoisotopic (exact) mass is 429 g/mol. The zero-order valence-corrected chi connectivity index (χ0v) is 18.0. The van der Waals surface area contributed by atoms with Gasteiger partial charge in [0.2, 0.25) is 23.5 Å². The first-order valence-electron chi connectivity index (χ1n) is 10.8. The lowest BCUT2D eigenvalue weighted by Gasteiger charge is -2.39. The van der Waals surface area contributed by atoms with Crippen LogP contribution < -0.4 is 0 Å². The maximum absolute atomic E-state index is 13.5. The lowest BCUT2D eigenvalue weighted by molar-refractivity contribution is -0.142. The van der Waals surface area contributed by atoms with Crippen LogP contribution in [-0.4, -0.2) is 82.0 Å². The molecule has 0 radical (unpaired) electrons. The van der Waals surface area contributed by atoms with E-state index in [1.54, 1.807) is 24.0 Å². The van der Waals surface area contributed by atoms with Crippen LogP contribution in [0.15, 0.2) is 28.8 Å². The van der Waals surface area contributed by atoms with Gasteiger partial charge in [-0.3, -0.25) is 14.5 Å². The van der Waals surface area contributed by atoms with Gasteiger partial charge in [-0.15, -0.1) is 0 Å². The third-order valence-corrected chi connectivity index (χ3v) is 6.27. The average molecular weight is 429 g/mol. The Kier molecular flexibility index (Phi) is 6.31. The second-order valence-corrected chi connectivity index (χ2v) is 8.31. The van der Waals surface area contributed by atoms with Gasteiger partial charge in [0.25, 0.3) is 0 Å². The largest absolute Gasteiger partial charge is 0.339 e. The van der Waals surface area contributed by atoms with Crippen molar-refractivity contribution in [2.24, 2.45) is 0 Å². The summed E-state index contributed by atoms with van der Waals surface area (Å²) in [7, 11) is 0. The van der Waals surface area contributed by atoms with E-state index in [2.05, 4.69) is 15.0 Å². The number of aromatic nitrogens is 2. The van der Waals surface area contributed by atoms with Crippen molar-refractivity contribution in [3.8, 4) is 11.4 Å². The van der Waals surface area contributed by atoms with E-state index in [1.165, 1.54) is 12.1 Å². The molecule has 0 N–H and O–H groups in total. The number of hydrogen-bond acceptors (Lipinski definition) is 6. The van der Waals surface area contributed by atoms with Crippen LogP contribution in [0.3, 0.4) is 0 Å². The van der Waals surface area contributed by atoms with E-state index in [-0.39, 0.29) is 29.6 Å². The maximum atomic E-state index is 13.5. The van der Waals surface area contributed by atoms with E-state index >= 15 is 0 Å². The smallest absolute Gasteiger partial charge is 0.239 e. The van der Waals surface area contributed by atoms with Crippen molar-refractivity contribution >= 4 is 11.8 Å². The number of piperidine rings is 1. The van der Waals surface area contributed by atoms with E-state index in [1.807, 2.05) is 11.8 Å². The number of benzene rings is 1. The highest BCUT2D eigenvalue weighted by molar-refractivity contribution is 5.82. The zero-order valence-electron chi connectivity index (χ0n) is 18.0. The summed E-state index contributed by atoms with van der Waals surface area (Å²) in [5.74, 6) is 0.737. The summed E-state index contributed by atoms with van der Waals surface area (Å²) >= 11 is 0. The van der Waals surface area contributed by atoms with Crippen molar-refractivity contribution in [1.82, 2.24) is 24.8 Å². The molecule has 31 heavy (non-hydrogen) atoms. The molecule has 0 bridgehead atoms. The highest BCUT2D eigenvalue weighted by atomic mass is 19.1. The molecule has 1 aromatic carbocycles. The molecule has 0 saturated carbocycles. The summed E-state index contributed by atoms with van der Waals surface area (Å²) in [5.41, 5.74) is 0.580. The number of rotatable bonds is 4. The van der Waals surface area contributed by atoms with Gasteiger partial charge in [-0.05, 0) is 38.4 Å². The van der Waals surface area contributed by atoms with E-state index in [0.717, 1.165) is 19.4 Å². The lowest BCUT2D eigenvalue weighted by atomic mass is 9.96. The number of amides is 2. The Labute approximate surface area is 181 Å². The predicted octanol–water partition coefficient (Wildman–Crippen LogP) is 2.13. The summed E-state index contributed by atoms with van der Waals surface area (Å²) in [6.07, 6.45) is 1.83. The van der Waals surface area contributed by atoms with Crippen LogP contribution in [0.25, 0.3) is 11.4 Å². The van der Waals surface area contributed by atoms with Crippen LogP contribution in [0.5, 0.6) is 0 Å². The van der Waals surface area contributed by atoms with Crippen molar-refractivity contribution in [3.05, 3.63) is 36.0 Å². The Balaban J connectivity index is 1.38. The molecule has 0 spiro atoms. The number of carbonyl (C=O) groups excluding carboxylic acids is 2. The van der Waals surface area contributed by atoms with Crippen LogP contribution >= 0.6 is 0 Å². The molecule has 2 unspecified atom stereocenters. The third kappa shape index (κ3) is 4.76. The van der Waals surface area contributed by atoms with Crippen molar-refractivity contribution in [1.29, 1.82) is 0 Å². The standard InChI is InChI=1S/C22H28FN5O3/c1-15(22(30)27-11-9-26(10-12-27)16(2)29)28-8-4-6-18(14-28)21-24-20(25-31-21)17-5-3-7-19(23)13-17/h3,5,7,13,15,18H,4,6,8-12,14H2,1-2H3. The highest BCUT2D eigenvalue weighted by Crippen LogP contribution is 2.29. The predicted molar refractivity (Wildman–Crippen MR) is 112 cm³/mol. The molecule has 3 heterocycles. The van der Waals surface area contributed by atoms with Crippen LogP contribution in [0.4, 0.5) is 4.39 Å². The molecule has 2 amide bonds. The summed E-state index contributed by atoms with van der Waals surface area (Å²) in [5, 5.41) is 4.02. The van der Waals surface area contributed by atoms with Crippen LogP contribution in [0.2, 0.25) is 0 Å². The fourth-order valence-corrected chi connectivity index (χ4v) is 4.37. The van der Waals surface area contributed by atoms with Crippen molar-refractivity contribution < 1.29 is 18.5 Å². The summed E-state index contributed by atoms with van der Waals surface area (Å²) in [6.45, 7) is 7.30. The molecular weight excluding hydrogens is 401 g/mol. The van der Waals surface area contributed by atoms with Crippen LogP contribution in [-0.2, 0) is 9.59 Å². The fraction of sp³-hybridized carbons (Fsp3) is 0.545. The Morgan fingerprint density at radius 2 is 1.90 bits per heavy atom. The summed E-state index contributed by atoms with van der Waals surface area (Å²) < 4.78 is 19.0. The molecule has 1 aromatic heterocycles. The fourth-order valence-electron chi connectivity index (χ4n) is 4.37. The van der Waals surface area contributed by atoms with Gasteiger partial charge in [0, 0.05) is 45.2 Å². The molecule has 166 valence electrons. The normalized spacial score (nSPS) is 21.2. The van der Waals surface area contributed by atoms with Crippen LogP contribution in [0.1, 0.15) is 38.5 Å². The number of hydrogen-bond donors (Lipinski definition) is 0.